The van der Waals surface area contributed by atoms with Crippen LogP contribution in [0.3, 0.4) is 0 Å². The molecule has 1 aromatic carbocycles. The molecule has 5 nitrogen and oxygen atoms in total. The van der Waals surface area contributed by atoms with E-state index in [1.165, 1.54) is 5.56 Å². The Morgan fingerprint density at radius 1 is 1.23 bits per heavy atom. The number of nitrogens with zero attached hydrogens (tertiary/aromatic N) is 3. The molecule has 1 aromatic heterocycles. The second-order valence-electron chi connectivity index (χ2n) is 6.78. The summed E-state index contributed by atoms with van der Waals surface area (Å²) < 4.78 is 5.73. The van der Waals surface area contributed by atoms with Crippen LogP contribution in [0.5, 0.6) is 5.75 Å². The molecule has 140 valence electrons. The molecule has 1 saturated heterocycles. The van der Waals surface area contributed by atoms with Crippen molar-refractivity contribution >= 4 is 17.2 Å². The van der Waals surface area contributed by atoms with Gasteiger partial charge in [0.25, 0.3) is 0 Å². The second kappa shape index (κ2) is 9.14. The van der Waals surface area contributed by atoms with Gasteiger partial charge in [-0.3, -0.25) is 9.69 Å². The molecular formula is C20H27N3O2S. The summed E-state index contributed by atoms with van der Waals surface area (Å²) in [5.74, 6) is 1.12. The van der Waals surface area contributed by atoms with E-state index in [9.17, 15) is 4.79 Å². The molecule has 6 heteroatoms. The van der Waals surface area contributed by atoms with Crippen LogP contribution in [0.25, 0.3) is 0 Å². The number of aromatic nitrogens is 1. The first-order valence-corrected chi connectivity index (χ1v) is 10.1. The minimum absolute atomic E-state index is 0.238. The molecule has 0 aliphatic carbocycles. The normalized spacial score (nSPS) is 15.2. The van der Waals surface area contributed by atoms with Gasteiger partial charge in [0.1, 0.15) is 5.75 Å². The summed E-state index contributed by atoms with van der Waals surface area (Å²) >= 11 is 1.69. The lowest BCUT2D eigenvalue weighted by Gasteiger charge is -2.34. The van der Waals surface area contributed by atoms with Crippen LogP contribution in [-0.2, 0) is 11.3 Å². The average molecular weight is 374 g/mol. The molecule has 1 fully saturated rings. The van der Waals surface area contributed by atoms with Crippen molar-refractivity contribution in [2.75, 3.05) is 32.8 Å². The number of carbonyl (C=O) groups excluding carboxylic acids is 1. The predicted molar refractivity (Wildman–Crippen MR) is 105 cm³/mol. The topological polar surface area (TPSA) is 45.7 Å². The first-order valence-electron chi connectivity index (χ1n) is 9.21. The molecular weight excluding hydrogens is 346 g/mol. The molecule has 3 rings (SSSR count). The van der Waals surface area contributed by atoms with Gasteiger partial charge in [-0.2, -0.15) is 0 Å². The molecule has 0 bridgehead atoms. The molecule has 2 aromatic rings. The molecule has 0 N–H and O–H groups in total. The lowest BCUT2D eigenvalue weighted by atomic mass is 10.2. The number of thiazole rings is 1. The summed E-state index contributed by atoms with van der Waals surface area (Å²) in [7, 11) is 0. The van der Waals surface area contributed by atoms with Gasteiger partial charge in [-0.05, 0) is 38.0 Å². The fraction of sp³-hybridized carbons (Fsp3) is 0.500. The molecule has 0 atom stereocenters. The molecule has 0 saturated carbocycles. The number of aryl methyl sites for hydroxylation is 2. The van der Waals surface area contributed by atoms with Gasteiger partial charge in [0, 0.05) is 44.5 Å². The molecule has 2 heterocycles. The summed E-state index contributed by atoms with van der Waals surface area (Å²) in [5.41, 5.74) is 2.32. The van der Waals surface area contributed by atoms with Crippen LogP contribution in [0.15, 0.2) is 29.6 Å². The van der Waals surface area contributed by atoms with Crippen molar-refractivity contribution in [3.63, 3.8) is 0 Å². The Labute approximate surface area is 159 Å². The van der Waals surface area contributed by atoms with Crippen LogP contribution in [-0.4, -0.2) is 53.5 Å². The Bertz CT molecular complexity index is 723. The van der Waals surface area contributed by atoms with Crippen molar-refractivity contribution < 1.29 is 9.53 Å². The summed E-state index contributed by atoms with van der Waals surface area (Å²) in [6, 6.07) is 8.01. The summed E-state index contributed by atoms with van der Waals surface area (Å²) in [5, 5.41) is 3.24. The van der Waals surface area contributed by atoms with E-state index in [1.54, 1.807) is 11.3 Å². The van der Waals surface area contributed by atoms with Gasteiger partial charge in [0.05, 0.1) is 17.3 Å². The van der Waals surface area contributed by atoms with Crippen LogP contribution in [0.1, 0.15) is 29.1 Å². The quantitative estimate of drug-likeness (QED) is 0.699. The van der Waals surface area contributed by atoms with E-state index < -0.39 is 0 Å². The van der Waals surface area contributed by atoms with E-state index in [2.05, 4.69) is 15.3 Å². The number of ether oxygens (including phenoxy) is 1. The minimum Gasteiger partial charge on any atom is -0.494 e. The van der Waals surface area contributed by atoms with E-state index in [0.717, 1.165) is 55.6 Å². The van der Waals surface area contributed by atoms with Crippen molar-refractivity contribution in [1.29, 1.82) is 0 Å². The highest BCUT2D eigenvalue weighted by Crippen LogP contribution is 2.14. The van der Waals surface area contributed by atoms with Crippen molar-refractivity contribution in [2.24, 2.45) is 0 Å². The maximum atomic E-state index is 12.4. The Balaban J connectivity index is 1.33. The van der Waals surface area contributed by atoms with Crippen molar-refractivity contribution in [3.05, 3.63) is 45.9 Å². The lowest BCUT2D eigenvalue weighted by molar-refractivity contribution is -0.133. The summed E-state index contributed by atoms with van der Waals surface area (Å²) in [6.45, 7) is 9.00. The first kappa shape index (κ1) is 18.9. The maximum absolute atomic E-state index is 12.4. The average Bonchev–Trinajstić information content (AvgIpc) is 3.04. The van der Waals surface area contributed by atoms with Crippen LogP contribution in [0.4, 0.5) is 0 Å². The lowest BCUT2D eigenvalue weighted by Crippen LogP contribution is -2.48. The molecule has 1 aliphatic heterocycles. The monoisotopic (exact) mass is 373 g/mol. The predicted octanol–water partition coefficient (Wildman–Crippen LogP) is 3.26. The molecule has 0 radical (unpaired) electrons. The number of benzene rings is 1. The third-order valence-corrected chi connectivity index (χ3v) is 5.39. The van der Waals surface area contributed by atoms with Gasteiger partial charge in [0.2, 0.25) is 5.91 Å². The molecule has 0 unspecified atom stereocenters. The van der Waals surface area contributed by atoms with Gasteiger partial charge >= 0.3 is 0 Å². The van der Waals surface area contributed by atoms with Crippen molar-refractivity contribution in [3.8, 4) is 5.75 Å². The van der Waals surface area contributed by atoms with Crippen LogP contribution < -0.4 is 4.74 Å². The van der Waals surface area contributed by atoms with Gasteiger partial charge in [0.15, 0.2) is 0 Å². The van der Waals surface area contributed by atoms with E-state index in [1.807, 2.05) is 43.0 Å². The van der Waals surface area contributed by atoms with Crippen LogP contribution >= 0.6 is 11.3 Å². The smallest absolute Gasteiger partial charge is 0.222 e. The number of amides is 1. The summed E-state index contributed by atoms with van der Waals surface area (Å²) in [4.78, 5) is 21.3. The highest BCUT2D eigenvalue weighted by atomic mass is 32.1. The Morgan fingerprint density at radius 2 is 2.04 bits per heavy atom. The molecule has 26 heavy (non-hydrogen) atoms. The maximum Gasteiger partial charge on any atom is 0.222 e. The van der Waals surface area contributed by atoms with Gasteiger partial charge in [-0.15, -0.1) is 11.3 Å². The second-order valence-corrected chi connectivity index (χ2v) is 7.85. The third kappa shape index (κ3) is 5.54. The van der Waals surface area contributed by atoms with Crippen molar-refractivity contribution in [1.82, 2.24) is 14.8 Å². The number of piperazine rings is 1. The zero-order chi connectivity index (χ0) is 18.4. The molecule has 1 amide bonds. The number of hydrogen-bond acceptors (Lipinski definition) is 5. The zero-order valence-electron chi connectivity index (χ0n) is 15.6. The molecule has 0 spiro atoms. The Hall–Kier alpha value is -1.92. The Morgan fingerprint density at radius 3 is 2.73 bits per heavy atom. The van der Waals surface area contributed by atoms with Gasteiger partial charge in [-0.25, -0.2) is 4.98 Å². The zero-order valence-corrected chi connectivity index (χ0v) is 16.4. The van der Waals surface area contributed by atoms with Crippen LogP contribution in [0.2, 0.25) is 0 Å². The van der Waals surface area contributed by atoms with E-state index in [0.29, 0.717) is 13.0 Å². The number of hydrogen-bond donors (Lipinski definition) is 0. The molecule has 1 aliphatic rings. The minimum atomic E-state index is 0.238. The SMILES string of the molecule is Cc1cccc(OCCCC(=O)N2CCN(Cc3csc(C)n3)CC2)c1. The highest BCUT2D eigenvalue weighted by molar-refractivity contribution is 7.09. The Kier molecular flexibility index (Phi) is 6.63. The number of carbonyl (C=O) groups is 1. The van der Waals surface area contributed by atoms with E-state index in [4.69, 9.17) is 4.74 Å². The van der Waals surface area contributed by atoms with E-state index in [-0.39, 0.29) is 5.91 Å². The van der Waals surface area contributed by atoms with Crippen LogP contribution in [0, 0.1) is 13.8 Å². The summed E-state index contributed by atoms with van der Waals surface area (Å²) in [6.07, 6.45) is 1.31. The fourth-order valence-corrected chi connectivity index (χ4v) is 3.75. The highest BCUT2D eigenvalue weighted by Gasteiger charge is 2.21. The first-order chi connectivity index (χ1) is 12.6. The standard InChI is InChI=1S/C20H27N3O2S/c1-16-5-3-6-19(13-16)25-12-4-7-20(24)23-10-8-22(9-11-23)14-18-15-26-17(2)21-18/h3,5-6,13,15H,4,7-12,14H2,1-2H3. The number of rotatable bonds is 7. The fourth-order valence-electron chi connectivity index (χ4n) is 3.14. The van der Waals surface area contributed by atoms with E-state index >= 15 is 0 Å². The third-order valence-electron chi connectivity index (χ3n) is 4.57. The van der Waals surface area contributed by atoms with Gasteiger partial charge < -0.3 is 9.64 Å². The van der Waals surface area contributed by atoms with Gasteiger partial charge in [-0.1, -0.05) is 12.1 Å². The largest absolute Gasteiger partial charge is 0.494 e. The van der Waals surface area contributed by atoms with Crippen molar-refractivity contribution in [2.45, 2.75) is 33.2 Å².